The van der Waals surface area contributed by atoms with E-state index < -0.39 is 22.0 Å². The molecule has 2 amide bonds. The van der Waals surface area contributed by atoms with E-state index in [9.17, 15) is 14.0 Å². The van der Waals surface area contributed by atoms with E-state index in [1.54, 1.807) is 37.3 Å². The number of benzene rings is 3. The Morgan fingerprint density at radius 3 is 2.53 bits per heavy atom. The van der Waals surface area contributed by atoms with Gasteiger partial charge >= 0.3 is 0 Å². The summed E-state index contributed by atoms with van der Waals surface area (Å²) in [6, 6.07) is 18.9. The Labute approximate surface area is 234 Å². The maximum absolute atomic E-state index is 14.7. The molecule has 3 aliphatic heterocycles. The number of ether oxygens (including phenoxy) is 1. The first kappa shape index (κ1) is 25.3. The molecular weight excluding hydrogens is 545 g/mol. The molecule has 3 heterocycles. The third-order valence-corrected chi connectivity index (χ3v) is 10.0. The number of nitrogens with zero attached hydrogens (tertiary/aromatic N) is 2. The van der Waals surface area contributed by atoms with Crippen molar-refractivity contribution < 1.29 is 18.7 Å². The fourth-order valence-corrected chi connectivity index (χ4v) is 8.39. The van der Waals surface area contributed by atoms with Crippen LogP contribution >= 0.6 is 35.6 Å². The summed E-state index contributed by atoms with van der Waals surface area (Å²) in [4.78, 5) is 32.2. The van der Waals surface area contributed by atoms with Gasteiger partial charge in [-0.05, 0) is 60.6 Å². The fraction of sp³-hybridized carbons (Fsp3) is 0.250. The number of hydrogen-bond acceptors (Lipinski definition) is 6. The lowest BCUT2D eigenvalue weighted by atomic mass is 9.72. The molecule has 194 valence electrons. The molecule has 2 saturated heterocycles. The number of thiocarbonyl (C=S) groups is 1. The molecule has 0 unspecified atom stereocenters. The van der Waals surface area contributed by atoms with E-state index >= 15 is 0 Å². The number of carbonyl (C=O) groups is 2. The minimum absolute atomic E-state index is 0.237. The third-order valence-electron chi connectivity index (χ3n) is 7.81. The summed E-state index contributed by atoms with van der Waals surface area (Å²) in [5.41, 5.74) is 1.18. The molecule has 3 aromatic rings. The predicted molar refractivity (Wildman–Crippen MR) is 150 cm³/mol. The quantitative estimate of drug-likeness (QED) is 0.439. The molecule has 3 aromatic carbocycles. The lowest BCUT2D eigenvalue weighted by Crippen LogP contribution is -2.61. The van der Waals surface area contributed by atoms with Gasteiger partial charge in [0.25, 0.3) is 5.91 Å². The minimum atomic E-state index is -1.48. The number of rotatable bonds is 4. The van der Waals surface area contributed by atoms with Gasteiger partial charge in [-0.2, -0.15) is 0 Å². The number of carbonyl (C=O) groups excluding carboxylic acids is 2. The normalized spacial score (nSPS) is 26.5. The largest absolute Gasteiger partial charge is 0.497 e. The maximum atomic E-state index is 14.7. The molecule has 1 N–H and O–H groups in total. The summed E-state index contributed by atoms with van der Waals surface area (Å²) in [6.45, 7) is 0.615. The highest BCUT2D eigenvalue weighted by Gasteiger charge is 2.77. The number of thioether (sulfide) groups is 1. The molecule has 0 radical (unpaired) electrons. The van der Waals surface area contributed by atoms with E-state index in [1.807, 2.05) is 41.3 Å². The molecule has 6 nitrogen and oxygen atoms in total. The topological polar surface area (TPSA) is 61.9 Å². The molecule has 0 aromatic heterocycles. The van der Waals surface area contributed by atoms with Crippen LogP contribution < -0.4 is 10.1 Å². The summed E-state index contributed by atoms with van der Waals surface area (Å²) in [6.07, 6.45) is 0. The number of anilines is 1. The van der Waals surface area contributed by atoms with E-state index in [0.717, 1.165) is 11.1 Å². The van der Waals surface area contributed by atoms with Gasteiger partial charge in [0.2, 0.25) is 5.91 Å². The van der Waals surface area contributed by atoms with Crippen LogP contribution in [0.2, 0.25) is 5.02 Å². The predicted octanol–water partition coefficient (Wildman–Crippen LogP) is 5.16. The minimum Gasteiger partial charge on any atom is -0.497 e. The second kappa shape index (κ2) is 9.05. The first-order valence-corrected chi connectivity index (χ1v) is 13.6. The summed E-state index contributed by atoms with van der Waals surface area (Å²) < 4.78 is 18.9. The second-order valence-electron chi connectivity index (χ2n) is 9.68. The van der Waals surface area contributed by atoms with Crippen molar-refractivity contribution in [2.75, 3.05) is 26.0 Å². The highest BCUT2D eigenvalue weighted by atomic mass is 35.5. The highest BCUT2D eigenvalue weighted by molar-refractivity contribution is 8.25. The van der Waals surface area contributed by atoms with Crippen LogP contribution in [-0.2, 0) is 21.7 Å². The zero-order valence-electron chi connectivity index (χ0n) is 20.5. The standard InChI is InChI=1S/C28H23ClFN3O3S2/c1-32-15-22(17-5-7-18(29)8-6-17)28(27(32)21-13-19(30)9-12-23(21)31-24(27)34)25(35)33(26(37)38-28)14-16-3-10-20(36-2)11-4-16/h3-13,22H,14-15H2,1-2H3,(H,31,34)/t22-,27+,28-/m1/s1. The molecule has 10 heteroatoms. The number of likely N-dealkylation sites (N-methyl/N-ethyl adjacent to an activating group) is 1. The molecule has 38 heavy (non-hydrogen) atoms. The van der Waals surface area contributed by atoms with Gasteiger partial charge in [0, 0.05) is 28.7 Å². The van der Waals surface area contributed by atoms with Gasteiger partial charge in [0.1, 0.15) is 20.6 Å². The van der Waals surface area contributed by atoms with Gasteiger partial charge in [-0.15, -0.1) is 0 Å². The van der Waals surface area contributed by atoms with E-state index in [-0.39, 0.29) is 18.4 Å². The molecular formula is C28H23ClFN3O3S2. The van der Waals surface area contributed by atoms with Gasteiger partial charge in [-0.25, -0.2) is 4.39 Å². The van der Waals surface area contributed by atoms with Crippen molar-refractivity contribution in [3.63, 3.8) is 0 Å². The van der Waals surface area contributed by atoms with E-state index in [4.69, 9.17) is 28.6 Å². The number of methoxy groups -OCH3 is 1. The Bertz CT molecular complexity index is 1490. The van der Waals surface area contributed by atoms with Crippen LogP contribution in [-0.4, -0.2) is 51.4 Å². The van der Waals surface area contributed by atoms with Crippen LogP contribution in [0.15, 0.2) is 66.7 Å². The molecule has 6 rings (SSSR count). The van der Waals surface area contributed by atoms with Crippen LogP contribution in [0.1, 0.15) is 22.6 Å². The number of amides is 2. The average molecular weight is 568 g/mol. The summed E-state index contributed by atoms with van der Waals surface area (Å²) in [5, 5.41) is 3.49. The Kier molecular flexibility index (Phi) is 6.03. The Hall–Kier alpha value is -2.98. The zero-order chi connectivity index (χ0) is 26.8. The number of halogens is 2. The summed E-state index contributed by atoms with van der Waals surface area (Å²) in [7, 11) is 3.40. The van der Waals surface area contributed by atoms with Gasteiger partial charge in [-0.3, -0.25) is 19.4 Å². The van der Waals surface area contributed by atoms with E-state index in [2.05, 4.69) is 5.32 Å². The Balaban J connectivity index is 1.54. The van der Waals surface area contributed by atoms with Crippen LogP contribution in [0.5, 0.6) is 5.75 Å². The smallest absolute Gasteiger partial charge is 0.251 e. The lowest BCUT2D eigenvalue weighted by molar-refractivity contribution is -0.138. The fourth-order valence-electron chi connectivity index (χ4n) is 6.14. The molecule has 3 aliphatic rings. The number of nitrogens with one attached hydrogen (secondary N) is 1. The van der Waals surface area contributed by atoms with Gasteiger partial charge in [-0.1, -0.05) is 59.8 Å². The van der Waals surface area contributed by atoms with Crippen LogP contribution in [0, 0.1) is 5.82 Å². The molecule has 2 fully saturated rings. The third kappa shape index (κ3) is 3.38. The number of hydrogen-bond donors (Lipinski definition) is 1. The lowest BCUT2D eigenvalue weighted by Gasteiger charge is -2.41. The van der Waals surface area contributed by atoms with Crippen molar-refractivity contribution in [2.24, 2.45) is 0 Å². The zero-order valence-corrected chi connectivity index (χ0v) is 22.9. The van der Waals surface area contributed by atoms with E-state index in [1.165, 1.54) is 23.9 Å². The van der Waals surface area contributed by atoms with Crippen molar-refractivity contribution in [1.29, 1.82) is 0 Å². The maximum Gasteiger partial charge on any atom is 0.251 e. The van der Waals surface area contributed by atoms with Crippen molar-refractivity contribution >= 4 is 57.4 Å². The molecule has 0 saturated carbocycles. The van der Waals surface area contributed by atoms with Crippen LogP contribution in [0.3, 0.4) is 0 Å². The molecule has 0 aliphatic carbocycles. The van der Waals surface area contributed by atoms with Gasteiger partial charge in [0.05, 0.1) is 13.7 Å². The SMILES string of the molecule is COc1ccc(CN2C(=O)[C@]3(SC2=S)[C@@H](c2ccc(Cl)cc2)CN(C)[C@@]32C(=O)Nc3ccc(F)cc32)cc1. The molecule has 2 spiro atoms. The van der Waals surface area contributed by atoms with Crippen LogP contribution in [0.25, 0.3) is 0 Å². The Morgan fingerprint density at radius 2 is 1.84 bits per heavy atom. The van der Waals surface area contributed by atoms with Crippen molar-refractivity contribution in [3.05, 3.63) is 94.3 Å². The summed E-state index contributed by atoms with van der Waals surface area (Å²) >= 11 is 13.2. The molecule has 0 bridgehead atoms. The number of fused-ring (bicyclic) bond motifs is 3. The first-order chi connectivity index (χ1) is 18.2. The molecule has 3 atom stereocenters. The van der Waals surface area contributed by atoms with Crippen molar-refractivity contribution in [1.82, 2.24) is 9.80 Å². The van der Waals surface area contributed by atoms with Gasteiger partial charge in [0.15, 0.2) is 5.54 Å². The number of likely N-dealkylation sites (tertiary alicyclic amines) is 1. The van der Waals surface area contributed by atoms with E-state index in [0.29, 0.717) is 32.9 Å². The average Bonchev–Trinajstić information content (AvgIpc) is 3.44. The monoisotopic (exact) mass is 567 g/mol. The van der Waals surface area contributed by atoms with Crippen molar-refractivity contribution in [2.45, 2.75) is 22.7 Å². The highest BCUT2D eigenvalue weighted by Crippen LogP contribution is 2.66. The first-order valence-electron chi connectivity index (χ1n) is 12.0. The van der Waals surface area contributed by atoms with Crippen molar-refractivity contribution in [3.8, 4) is 5.75 Å². The summed E-state index contributed by atoms with van der Waals surface area (Å²) in [5.74, 6) is -0.852. The Morgan fingerprint density at radius 1 is 1.13 bits per heavy atom. The van der Waals surface area contributed by atoms with Gasteiger partial charge < -0.3 is 10.1 Å². The second-order valence-corrected chi connectivity index (χ2v) is 12.0. The van der Waals surface area contributed by atoms with Crippen LogP contribution in [0.4, 0.5) is 10.1 Å².